The van der Waals surface area contributed by atoms with E-state index < -0.39 is 6.16 Å². The van der Waals surface area contributed by atoms with Gasteiger partial charge >= 0.3 is 6.16 Å². The second-order valence-corrected chi connectivity index (χ2v) is 8.29. The van der Waals surface area contributed by atoms with Crippen LogP contribution in [0.25, 0.3) is 6.08 Å². The highest BCUT2D eigenvalue weighted by Crippen LogP contribution is 2.38. The molecule has 174 valence electrons. The van der Waals surface area contributed by atoms with Crippen molar-refractivity contribution in [2.24, 2.45) is 0 Å². The number of amides is 1. The number of hydrogen-bond donors (Lipinski definition) is 1. The van der Waals surface area contributed by atoms with Crippen LogP contribution in [0.15, 0.2) is 30.3 Å². The second-order valence-electron chi connectivity index (χ2n) is 7.19. The number of thiophene rings is 1. The summed E-state index contributed by atoms with van der Waals surface area (Å²) < 4.78 is 20.7. The molecular weight excluding hydrogens is 444 g/mol. The van der Waals surface area contributed by atoms with Gasteiger partial charge in [-0.05, 0) is 37.5 Å². The Morgan fingerprint density at radius 2 is 2.12 bits per heavy atom. The highest BCUT2D eigenvalue weighted by molar-refractivity contribution is 7.16. The molecule has 3 rings (SSSR count). The summed E-state index contributed by atoms with van der Waals surface area (Å²) in [6.07, 6.45) is 3.66. The van der Waals surface area contributed by atoms with Gasteiger partial charge in [-0.3, -0.25) is 4.79 Å². The van der Waals surface area contributed by atoms with Crippen molar-refractivity contribution in [2.45, 2.75) is 32.3 Å². The average Bonchev–Trinajstić information content (AvgIpc) is 3.14. The van der Waals surface area contributed by atoms with E-state index in [0.717, 1.165) is 16.0 Å². The summed E-state index contributed by atoms with van der Waals surface area (Å²) >= 11 is 1.33. The summed E-state index contributed by atoms with van der Waals surface area (Å²) in [5, 5.41) is 13.0. The Kier molecular flexibility index (Phi) is 8.87. The van der Waals surface area contributed by atoms with Crippen LogP contribution < -0.4 is 10.1 Å². The fourth-order valence-corrected chi connectivity index (χ4v) is 4.73. The van der Waals surface area contributed by atoms with Gasteiger partial charge in [0.1, 0.15) is 29.5 Å². The van der Waals surface area contributed by atoms with Crippen LogP contribution in [0.3, 0.4) is 0 Å². The number of anilines is 1. The van der Waals surface area contributed by atoms with Crippen LogP contribution in [-0.2, 0) is 31.8 Å². The maximum absolute atomic E-state index is 12.5. The molecule has 2 aromatic rings. The number of hydrogen-bond acceptors (Lipinski definition) is 8. The minimum absolute atomic E-state index is 0.129. The van der Waals surface area contributed by atoms with Crippen LogP contribution in [0.1, 0.15) is 34.9 Å². The van der Waals surface area contributed by atoms with E-state index in [1.165, 1.54) is 24.5 Å². The number of ether oxygens (including phenoxy) is 4. The zero-order valence-electron chi connectivity index (χ0n) is 18.6. The van der Waals surface area contributed by atoms with Crippen LogP contribution in [0.5, 0.6) is 5.75 Å². The quantitative estimate of drug-likeness (QED) is 0.330. The van der Waals surface area contributed by atoms with Gasteiger partial charge in [-0.2, -0.15) is 5.26 Å². The Labute approximate surface area is 196 Å². The lowest BCUT2D eigenvalue weighted by Crippen LogP contribution is -2.26. The third-order valence-corrected chi connectivity index (χ3v) is 6.14. The molecule has 0 saturated heterocycles. The first-order valence-electron chi connectivity index (χ1n) is 10.6. The third kappa shape index (κ3) is 6.57. The molecule has 0 bridgehead atoms. The number of carbonyl (C=O) groups is 2. The Morgan fingerprint density at radius 3 is 2.88 bits per heavy atom. The van der Waals surface area contributed by atoms with Crippen molar-refractivity contribution in [1.29, 1.82) is 5.26 Å². The van der Waals surface area contributed by atoms with Crippen molar-refractivity contribution >= 4 is 34.5 Å². The molecule has 1 amide bonds. The molecule has 1 atom stereocenters. The summed E-state index contributed by atoms with van der Waals surface area (Å²) in [5.74, 6) is 0.353. The van der Waals surface area contributed by atoms with E-state index in [1.54, 1.807) is 6.08 Å². The molecule has 33 heavy (non-hydrogen) atoms. The summed E-state index contributed by atoms with van der Waals surface area (Å²) in [5.41, 5.74) is 2.15. The number of fused-ring (bicyclic) bond motifs is 1. The largest absolute Gasteiger partial charge is 0.508 e. The highest BCUT2D eigenvalue weighted by atomic mass is 32.1. The topological polar surface area (TPSA) is 107 Å². The van der Waals surface area contributed by atoms with Gasteiger partial charge in [0.25, 0.3) is 0 Å². The first-order chi connectivity index (χ1) is 16.0. The SMILES string of the molecule is CCOc1ccccc1C=CC(=O)Nc1sc2c(c1C#N)CCC(OC(=O)OCCOC)C2. The molecule has 1 heterocycles. The van der Waals surface area contributed by atoms with Gasteiger partial charge < -0.3 is 24.3 Å². The van der Waals surface area contributed by atoms with E-state index in [1.807, 2.05) is 31.2 Å². The van der Waals surface area contributed by atoms with Gasteiger partial charge in [0.15, 0.2) is 0 Å². The Bertz CT molecular complexity index is 1060. The standard InChI is InChI=1S/C24H26N2O6S/c1-3-30-20-7-5-4-6-16(20)8-11-22(27)26-23-19(15-25)18-10-9-17(14-21(18)33-23)32-24(28)31-13-12-29-2/h4-8,11,17H,3,9-10,12-14H2,1-2H3,(H,26,27). The maximum atomic E-state index is 12.5. The average molecular weight is 471 g/mol. The van der Waals surface area contributed by atoms with Crippen LogP contribution in [0, 0.1) is 11.3 Å². The van der Waals surface area contributed by atoms with Crippen molar-refractivity contribution in [3.63, 3.8) is 0 Å². The normalized spacial score (nSPS) is 14.9. The number of carbonyl (C=O) groups excluding carboxylic acids is 2. The smallest absolute Gasteiger partial charge is 0.493 e. The predicted molar refractivity (Wildman–Crippen MR) is 124 cm³/mol. The van der Waals surface area contributed by atoms with E-state index >= 15 is 0 Å². The number of nitrogens with one attached hydrogen (secondary N) is 1. The van der Waals surface area contributed by atoms with Crippen LogP contribution in [0.4, 0.5) is 9.80 Å². The monoisotopic (exact) mass is 470 g/mol. The minimum Gasteiger partial charge on any atom is -0.493 e. The molecule has 1 aromatic carbocycles. The molecule has 9 heteroatoms. The van der Waals surface area contributed by atoms with Crippen LogP contribution in [0.2, 0.25) is 0 Å². The van der Waals surface area contributed by atoms with Crippen LogP contribution in [-0.4, -0.2) is 45.1 Å². The van der Waals surface area contributed by atoms with Crippen molar-refractivity contribution in [1.82, 2.24) is 0 Å². The van der Waals surface area contributed by atoms with Crippen molar-refractivity contribution < 1.29 is 28.5 Å². The lowest BCUT2D eigenvalue weighted by Gasteiger charge is -2.21. The minimum atomic E-state index is -0.733. The summed E-state index contributed by atoms with van der Waals surface area (Å²) in [6, 6.07) is 9.64. The summed E-state index contributed by atoms with van der Waals surface area (Å²) in [4.78, 5) is 25.3. The number of rotatable bonds is 9. The Morgan fingerprint density at radius 1 is 1.30 bits per heavy atom. The third-order valence-electron chi connectivity index (χ3n) is 4.97. The molecule has 1 N–H and O–H groups in total. The molecule has 0 spiro atoms. The van der Waals surface area contributed by atoms with Crippen molar-refractivity contribution in [2.75, 3.05) is 32.2 Å². The molecule has 0 fully saturated rings. The zero-order chi connectivity index (χ0) is 23.6. The molecule has 0 saturated carbocycles. The fraction of sp³-hybridized carbons (Fsp3) is 0.375. The van der Waals surface area contributed by atoms with Gasteiger partial charge in [0, 0.05) is 30.0 Å². The molecule has 1 aliphatic rings. The predicted octanol–water partition coefficient (Wildman–Crippen LogP) is 4.33. The molecule has 0 aliphatic heterocycles. The number of methoxy groups -OCH3 is 1. The van der Waals surface area contributed by atoms with Gasteiger partial charge in [0.2, 0.25) is 5.91 Å². The second kappa shape index (κ2) is 12.0. The first-order valence-corrected chi connectivity index (χ1v) is 11.4. The highest BCUT2D eigenvalue weighted by Gasteiger charge is 2.28. The van der Waals surface area contributed by atoms with E-state index in [9.17, 15) is 14.9 Å². The van der Waals surface area contributed by atoms with Gasteiger partial charge in [-0.15, -0.1) is 11.3 Å². The number of para-hydroxylation sites is 1. The number of nitriles is 1. The Hall–Kier alpha value is -3.35. The lowest BCUT2D eigenvalue weighted by molar-refractivity contribution is -0.111. The number of nitrogens with zero attached hydrogens (tertiary/aromatic N) is 1. The Balaban J connectivity index is 1.65. The van der Waals surface area contributed by atoms with E-state index in [0.29, 0.717) is 48.8 Å². The summed E-state index contributed by atoms with van der Waals surface area (Å²) in [6.45, 7) is 2.85. The molecule has 1 unspecified atom stereocenters. The molecule has 8 nitrogen and oxygen atoms in total. The van der Waals surface area contributed by atoms with Crippen molar-refractivity contribution in [3.8, 4) is 11.8 Å². The first kappa shape index (κ1) is 24.3. The molecule has 1 aliphatic carbocycles. The van der Waals surface area contributed by atoms with E-state index in [2.05, 4.69) is 11.4 Å². The molecular formula is C24H26N2O6S. The van der Waals surface area contributed by atoms with Crippen molar-refractivity contribution in [3.05, 3.63) is 51.9 Å². The van der Waals surface area contributed by atoms with Gasteiger partial charge in [-0.1, -0.05) is 18.2 Å². The van der Waals surface area contributed by atoms with Gasteiger partial charge in [-0.25, -0.2) is 4.79 Å². The summed E-state index contributed by atoms with van der Waals surface area (Å²) in [7, 11) is 1.52. The van der Waals surface area contributed by atoms with E-state index in [-0.39, 0.29) is 18.6 Å². The molecule has 0 radical (unpaired) electrons. The maximum Gasteiger partial charge on any atom is 0.508 e. The zero-order valence-corrected chi connectivity index (χ0v) is 19.4. The van der Waals surface area contributed by atoms with Gasteiger partial charge in [0.05, 0.1) is 18.8 Å². The number of benzene rings is 1. The van der Waals surface area contributed by atoms with E-state index in [4.69, 9.17) is 18.9 Å². The molecule has 1 aromatic heterocycles. The fourth-order valence-electron chi connectivity index (χ4n) is 3.47. The lowest BCUT2D eigenvalue weighted by atomic mass is 9.94. The van der Waals surface area contributed by atoms with Crippen LogP contribution >= 0.6 is 11.3 Å².